The van der Waals surface area contributed by atoms with Crippen molar-refractivity contribution in [2.75, 3.05) is 0 Å². The minimum absolute atomic E-state index is 1.11. The number of halogens is 1. The lowest BCUT2D eigenvalue weighted by Gasteiger charge is -2.10. The van der Waals surface area contributed by atoms with E-state index >= 15 is 0 Å². The van der Waals surface area contributed by atoms with Gasteiger partial charge in [0.1, 0.15) is 0 Å². The van der Waals surface area contributed by atoms with Crippen LogP contribution in [0.1, 0.15) is 0 Å². The smallest absolute Gasteiger partial charge is 0.0635 e. The van der Waals surface area contributed by atoms with Crippen molar-refractivity contribution >= 4 is 144 Å². The van der Waals surface area contributed by atoms with Crippen LogP contribution in [-0.2, 0) is 0 Å². The van der Waals surface area contributed by atoms with Crippen molar-refractivity contribution in [2.24, 2.45) is 0 Å². The summed E-state index contributed by atoms with van der Waals surface area (Å²) < 4.78 is 13.6. The van der Waals surface area contributed by atoms with Gasteiger partial charge in [-0.25, -0.2) is 0 Å². The molecule has 7 heteroatoms. The van der Waals surface area contributed by atoms with E-state index in [2.05, 4.69) is 368 Å². The van der Waals surface area contributed by atoms with Gasteiger partial charge < -0.3 is 18.7 Å². The lowest BCUT2D eigenvalue weighted by Crippen LogP contribution is -1.94. The first-order valence-corrected chi connectivity index (χ1v) is 34.5. The molecule has 6 heterocycles. The molecule has 95 heavy (non-hydrogen) atoms. The second-order valence-electron chi connectivity index (χ2n) is 24.1. The molecule has 4 nitrogen and oxygen atoms in total. The first kappa shape index (κ1) is 56.4. The second-order valence-corrected chi connectivity index (χ2v) is 27.0. The molecule has 0 aliphatic carbocycles. The maximum absolute atomic E-state index is 3.53. The van der Waals surface area contributed by atoms with Crippen LogP contribution in [0.4, 0.5) is 0 Å². The molecule has 0 aliphatic heterocycles. The van der Waals surface area contributed by atoms with E-state index in [1.807, 2.05) is 28.9 Å². The Bertz CT molecular complexity index is 6250. The molecular weight excluding hydrogens is 1260 g/mol. The molecule has 0 spiro atoms. The highest BCUT2D eigenvalue weighted by Crippen LogP contribution is 2.47. The van der Waals surface area contributed by atoms with Crippen molar-refractivity contribution in [2.45, 2.75) is 0 Å². The minimum Gasteiger partial charge on any atom is -0.361 e. The summed E-state index contributed by atoms with van der Waals surface area (Å²) in [5, 5.41) is 13.0. The van der Waals surface area contributed by atoms with Crippen molar-refractivity contribution in [3.05, 3.63) is 344 Å². The number of para-hydroxylation sites is 4. The molecule has 0 unspecified atom stereocenters. The Morgan fingerprint density at radius 1 is 0.253 bits per heavy atom. The van der Waals surface area contributed by atoms with Gasteiger partial charge in [0.25, 0.3) is 0 Å². The van der Waals surface area contributed by atoms with Crippen LogP contribution in [0.3, 0.4) is 0 Å². The zero-order valence-corrected chi connectivity index (χ0v) is 54.6. The molecule has 1 N–H and O–H groups in total. The van der Waals surface area contributed by atoms with Gasteiger partial charge in [0.15, 0.2) is 0 Å². The Morgan fingerprint density at radius 3 is 1.12 bits per heavy atom. The monoisotopic (exact) mass is 1310 g/mol. The number of nitrogens with one attached hydrogen (secondary N) is 1. The first-order chi connectivity index (χ1) is 47.1. The summed E-state index contributed by atoms with van der Waals surface area (Å²) in [5.74, 6) is 0. The third kappa shape index (κ3) is 9.69. The number of thiophene rings is 2. The highest BCUT2D eigenvalue weighted by Gasteiger charge is 2.20. The van der Waals surface area contributed by atoms with E-state index < -0.39 is 0 Å². The first-order valence-electron chi connectivity index (χ1n) is 32.1. The van der Waals surface area contributed by atoms with Gasteiger partial charge in [-0.3, -0.25) is 0 Å². The van der Waals surface area contributed by atoms with Crippen molar-refractivity contribution in [3.8, 4) is 61.6 Å². The fourth-order valence-electron chi connectivity index (χ4n) is 14.4. The number of H-pyrrole nitrogens is 1. The molecule has 0 saturated carbocycles. The summed E-state index contributed by atoms with van der Waals surface area (Å²) in [6.45, 7) is 0. The number of aromatic amines is 1. The SMILES string of the molecule is Brc1ccc(-c2cccc3c2sc2c(-c4ccccc4)cccc23)cc1.c1ccc(-c2cccc3c2sc2c(-c4ccc(-n5ccc6c5ccc5c7ccccc7n(-c7ccccc7)c56)cc4)cccc23)cc1.c1ccc(-n2c3ccccc3c3ccc4[nH]ccc4c32)cc1. The number of benzene rings is 14. The standard InChI is InChI=1S/C44H28N2S.C24H15BrS.C20H14N2/c1-3-11-29(12-4-1)33-16-9-18-37-38-19-10-17-34(44(38)47-43(33)37)30-21-23-31(24-22-30)45-28-27-39-40(45)26-25-36-35-15-7-8-20-41(35)46(42(36)39)32-13-5-2-6-14-32;25-18-14-12-17(13-15-18)20-9-5-11-22-21-10-4-8-19(23(21)26-24(20)22)16-6-2-1-3-7-16;1-2-6-14(7-3-1)22-19-9-5-4-8-15(19)16-10-11-18-17(20(16)22)12-13-21-18/h1-28H;1-15H;1-13,21H. The second kappa shape index (κ2) is 23.7. The molecule has 0 atom stereocenters. The zero-order valence-electron chi connectivity index (χ0n) is 51.4. The van der Waals surface area contributed by atoms with Gasteiger partial charge in [-0.15, -0.1) is 22.7 Å². The summed E-state index contributed by atoms with van der Waals surface area (Å²) in [6, 6.07) is 118. The van der Waals surface area contributed by atoms with Crippen LogP contribution in [0.15, 0.2) is 344 Å². The Hall–Kier alpha value is -11.3. The van der Waals surface area contributed by atoms with E-state index in [1.54, 1.807) is 0 Å². The molecule has 0 fully saturated rings. The number of hydrogen-bond acceptors (Lipinski definition) is 2. The van der Waals surface area contributed by atoms with E-state index in [9.17, 15) is 0 Å². The normalized spacial score (nSPS) is 11.6. The van der Waals surface area contributed by atoms with E-state index in [0.717, 1.165) is 10.2 Å². The van der Waals surface area contributed by atoms with Crippen molar-refractivity contribution in [1.82, 2.24) is 18.7 Å². The summed E-state index contributed by atoms with van der Waals surface area (Å²) in [5.41, 5.74) is 21.1. The Morgan fingerprint density at radius 2 is 0.642 bits per heavy atom. The van der Waals surface area contributed by atoms with Crippen LogP contribution in [0.2, 0.25) is 0 Å². The Labute approximate surface area is 564 Å². The molecule has 0 aliphatic rings. The van der Waals surface area contributed by atoms with Crippen LogP contribution in [0, 0.1) is 0 Å². The average molecular weight is 1310 g/mol. The summed E-state index contributed by atoms with van der Waals surface area (Å²) >= 11 is 7.33. The summed E-state index contributed by atoms with van der Waals surface area (Å²) in [4.78, 5) is 3.32. The molecule has 20 rings (SSSR count). The number of hydrogen-bond donors (Lipinski definition) is 1. The fourth-order valence-corrected chi connectivity index (χ4v) is 17.4. The largest absolute Gasteiger partial charge is 0.361 e. The van der Waals surface area contributed by atoms with Gasteiger partial charge in [-0.1, -0.05) is 259 Å². The summed E-state index contributed by atoms with van der Waals surface area (Å²) in [6.07, 6.45) is 4.22. The van der Waals surface area contributed by atoms with E-state index in [-0.39, 0.29) is 0 Å². The highest BCUT2D eigenvalue weighted by molar-refractivity contribution is 9.10. The molecule has 448 valence electrons. The molecule has 0 radical (unpaired) electrons. The maximum Gasteiger partial charge on any atom is 0.0635 e. The molecule has 6 aromatic heterocycles. The maximum atomic E-state index is 3.53. The Kier molecular flexibility index (Phi) is 14.1. The lowest BCUT2D eigenvalue weighted by molar-refractivity contribution is 1.13. The van der Waals surface area contributed by atoms with Gasteiger partial charge in [0.2, 0.25) is 0 Å². The van der Waals surface area contributed by atoms with Crippen molar-refractivity contribution < 1.29 is 0 Å². The number of fused-ring (bicyclic) bond motifs is 16. The third-order valence-corrected chi connectivity index (χ3v) is 21.8. The van der Waals surface area contributed by atoms with E-state index in [1.165, 1.54) is 162 Å². The van der Waals surface area contributed by atoms with Gasteiger partial charge in [0, 0.05) is 112 Å². The number of rotatable bonds is 7. The van der Waals surface area contributed by atoms with Crippen LogP contribution in [0.25, 0.3) is 167 Å². The molecule has 14 aromatic carbocycles. The third-order valence-electron chi connectivity index (χ3n) is 18.7. The van der Waals surface area contributed by atoms with Gasteiger partial charge in [-0.2, -0.15) is 0 Å². The predicted octanol–water partition coefficient (Wildman–Crippen LogP) is 25.8. The van der Waals surface area contributed by atoms with Gasteiger partial charge in [0.05, 0.1) is 27.6 Å². The zero-order chi connectivity index (χ0) is 62.9. The molecule has 0 saturated heterocycles. The van der Waals surface area contributed by atoms with Crippen molar-refractivity contribution in [1.29, 1.82) is 0 Å². The fraction of sp³-hybridized carbons (Fsp3) is 0. The van der Waals surface area contributed by atoms with Crippen molar-refractivity contribution in [3.63, 3.8) is 0 Å². The molecular formula is C88H57BrN4S2. The lowest BCUT2D eigenvalue weighted by atomic mass is 10.00. The Balaban J connectivity index is 0.000000115. The number of aromatic nitrogens is 4. The number of nitrogens with zero attached hydrogens (tertiary/aromatic N) is 3. The molecule has 0 bridgehead atoms. The minimum atomic E-state index is 1.11. The highest BCUT2D eigenvalue weighted by atomic mass is 79.9. The molecule has 20 aromatic rings. The van der Waals surface area contributed by atoms with E-state index in [0.29, 0.717) is 0 Å². The van der Waals surface area contributed by atoms with E-state index in [4.69, 9.17) is 0 Å². The quantitative estimate of drug-likeness (QED) is 0.165. The van der Waals surface area contributed by atoms with Crippen LogP contribution in [-0.4, -0.2) is 18.7 Å². The topological polar surface area (TPSA) is 30.6 Å². The van der Waals surface area contributed by atoms with Crippen LogP contribution in [0.5, 0.6) is 0 Å². The average Bonchev–Trinajstić information content (AvgIpc) is 1.59. The van der Waals surface area contributed by atoms with Gasteiger partial charge >= 0.3 is 0 Å². The van der Waals surface area contributed by atoms with Crippen LogP contribution < -0.4 is 0 Å². The predicted molar refractivity (Wildman–Crippen MR) is 412 cm³/mol. The van der Waals surface area contributed by atoms with Crippen LogP contribution >= 0.6 is 38.6 Å². The van der Waals surface area contributed by atoms with Gasteiger partial charge in [-0.05, 0) is 129 Å². The summed E-state index contributed by atoms with van der Waals surface area (Å²) in [7, 11) is 0. The molecule has 0 amide bonds.